The molecule has 2 aromatic carbocycles. The Morgan fingerprint density at radius 2 is 1.70 bits per heavy atom. The van der Waals surface area contributed by atoms with Gasteiger partial charge in [-0.15, -0.1) is 0 Å². The number of alkyl halides is 3. The summed E-state index contributed by atoms with van der Waals surface area (Å²) in [4.78, 5) is 12.4. The number of nitrogens with two attached hydrogens (primary N) is 1. The summed E-state index contributed by atoms with van der Waals surface area (Å²) in [5, 5.41) is 2.26. The molecule has 33 heavy (non-hydrogen) atoms. The van der Waals surface area contributed by atoms with Crippen molar-refractivity contribution in [1.82, 2.24) is 4.31 Å². The first-order valence-corrected chi connectivity index (χ1v) is 12.1. The van der Waals surface area contributed by atoms with Crippen LogP contribution in [0, 0.1) is 0 Å². The zero-order valence-electron chi connectivity index (χ0n) is 18.1. The van der Waals surface area contributed by atoms with Crippen LogP contribution in [0.4, 0.5) is 18.9 Å². The normalized spacial score (nSPS) is 17.2. The van der Waals surface area contributed by atoms with E-state index in [2.05, 4.69) is 19.2 Å². The largest absolute Gasteiger partial charge is 0.416 e. The van der Waals surface area contributed by atoms with E-state index in [0.29, 0.717) is 23.7 Å². The molecular weight excluding hydrogens is 479 g/mol. The maximum atomic E-state index is 12.9. The Morgan fingerprint density at radius 3 is 2.18 bits per heavy atom. The smallest absolute Gasteiger partial charge is 0.324 e. The van der Waals surface area contributed by atoms with Crippen molar-refractivity contribution in [3.63, 3.8) is 0 Å². The third-order valence-electron chi connectivity index (χ3n) is 5.78. The molecule has 0 aromatic heterocycles. The SMILES string of the molecule is CC(C)c1ccc(NC(=O)C2(N)CCN(S(=O)(=O)c3ccc(C(F)(F)F)cc3Cl)CC2)cc1. The first kappa shape index (κ1) is 25.5. The monoisotopic (exact) mass is 503 g/mol. The predicted octanol–water partition coefficient (Wildman–Crippen LogP) is 4.60. The second kappa shape index (κ2) is 9.25. The van der Waals surface area contributed by atoms with Crippen LogP contribution in [0.3, 0.4) is 0 Å². The molecular formula is C22H25ClF3N3O3S. The lowest BCUT2D eigenvalue weighted by Crippen LogP contribution is -2.58. The van der Waals surface area contributed by atoms with Gasteiger partial charge in [-0.1, -0.05) is 37.6 Å². The van der Waals surface area contributed by atoms with Gasteiger partial charge in [-0.2, -0.15) is 17.5 Å². The molecule has 0 bridgehead atoms. The average molecular weight is 504 g/mol. The lowest BCUT2D eigenvalue weighted by molar-refractivity contribution is -0.137. The Balaban J connectivity index is 1.69. The van der Waals surface area contributed by atoms with Crippen molar-refractivity contribution in [2.45, 2.75) is 49.2 Å². The molecule has 1 fully saturated rings. The molecule has 180 valence electrons. The molecule has 1 saturated heterocycles. The van der Waals surface area contributed by atoms with Crippen LogP contribution in [-0.2, 0) is 21.0 Å². The molecule has 3 N–H and O–H groups in total. The van der Waals surface area contributed by atoms with Gasteiger partial charge in [-0.3, -0.25) is 4.79 Å². The van der Waals surface area contributed by atoms with E-state index in [1.165, 1.54) is 0 Å². The summed E-state index contributed by atoms with van der Waals surface area (Å²) in [6.45, 7) is 3.97. The van der Waals surface area contributed by atoms with Gasteiger partial charge in [0.25, 0.3) is 0 Å². The molecule has 2 aromatic rings. The number of carbonyl (C=O) groups is 1. The van der Waals surface area contributed by atoms with Crippen molar-refractivity contribution in [3.8, 4) is 0 Å². The number of hydrogen-bond acceptors (Lipinski definition) is 4. The minimum atomic E-state index is -4.64. The molecule has 1 aliphatic heterocycles. The molecule has 11 heteroatoms. The predicted molar refractivity (Wildman–Crippen MR) is 121 cm³/mol. The lowest BCUT2D eigenvalue weighted by atomic mass is 9.88. The number of amides is 1. The summed E-state index contributed by atoms with van der Waals surface area (Å²) in [7, 11) is -4.16. The van der Waals surface area contributed by atoms with Crippen molar-refractivity contribution in [1.29, 1.82) is 0 Å². The summed E-state index contributed by atoms with van der Waals surface area (Å²) >= 11 is 5.87. The molecule has 6 nitrogen and oxygen atoms in total. The summed E-state index contributed by atoms with van der Waals surface area (Å²) in [6, 6.07) is 9.49. The number of nitrogens with zero attached hydrogens (tertiary/aromatic N) is 1. The summed E-state index contributed by atoms with van der Waals surface area (Å²) in [5.41, 5.74) is 5.67. The number of benzene rings is 2. The number of anilines is 1. The number of hydrogen-bond donors (Lipinski definition) is 2. The first-order chi connectivity index (χ1) is 15.2. The number of nitrogens with one attached hydrogen (secondary N) is 1. The van der Waals surface area contributed by atoms with E-state index < -0.39 is 43.1 Å². The van der Waals surface area contributed by atoms with Crippen molar-refractivity contribution in [2.24, 2.45) is 5.73 Å². The van der Waals surface area contributed by atoms with Crippen LogP contribution in [0.5, 0.6) is 0 Å². The second-order valence-electron chi connectivity index (χ2n) is 8.43. The van der Waals surface area contributed by atoms with E-state index in [4.69, 9.17) is 17.3 Å². The molecule has 0 aliphatic carbocycles. The molecule has 0 atom stereocenters. The van der Waals surface area contributed by atoms with Crippen LogP contribution in [0.15, 0.2) is 47.4 Å². The van der Waals surface area contributed by atoms with Crippen LogP contribution in [0.25, 0.3) is 0 Å². The zero-order valence-corrected chi connectivity index (χ0v) is 19.7. The van der Waals surface area contributed by atoms with Gasteiger partial charge in [0.1, 0.15) is 4.90 Å². The minimum absolute atomic E-state index is 0.0421. The van der Waals surface area contributed by atoms with Gasteiger partial charge in [-0.25, -0.2) is 8.42 Å². The van der Waals surface area contributed by atoms with Gasteiger partial charge in [0, 0.05) is 18.8 Å². The standard InChI is InChI=1S/C22H25ClF3N3O3S/c1-14(2)15-3-6-17(7-4-15)28-20(30)21(27)9-11-29(12-10-21)33(31,32)19-8-5-16(13-18(19)23)22(24,25)26/h3-8,13-14H,9-12,27H2,1-2H3,(H,28,30). The number of piperidine rings is 1. The van der Waals surface area contributed by atoms with Crippen LogP contribution in [0.2, 0.25) is 5.02 Å². The molecule has 1 amide bonds. The van der Waals surface area contributed by atoms with Gasteiger partial charge < -0.3 is 11.1 Å². The Kier molecular flexibility index (Phi) is 7.14. The van der Waals surface area contributed by atoms with Crippen molar-refractivity contribution < 1.29 is 26.4 Å². The van der Waals surface area contributed by atoms with Crippen LogP contribution < -0.4 is 11.1 Å². The van der Waals surface area contributed by atoms with Crippen LogP contribution in [0.1, 0.15) is 43.7 Å². The Morgan fingerprint density at radius 1 is 1.12 bits per heavy atom. The molecule has 1 aliphatic rings. The highest BCUT2D eigenvalue weighted by molar-refractivity contribution is 7.89. The second-order valence-corrected chi connectivity index (χ2v) is 10.7. The molecule has 0 spiro atoms. The van der Waals surface area contributed by atoms with E-state index in [0.717, 1.165) is 15.9 Å². The number of sulfonamides is 1. The minimum Gasteiger partial charge on any atom is -0.324 e. The van der Waals surface area contributed by atoms with Crippen LogP contribution >= 0.6 is 11.6 Å². The Hall–Kier alpha value is -2.14. The fraction of sp³-hybridized carbons (Fsp3) is 0.409. The molecule has 0 unspecified atom stereocenters. The lowest BCUT2D eigenvalue weighted by Gasteiger charge is -2.37. The fourth-order valence-corrected chi connectivity index (χ4v) is 5.54. The molecule has 0 radical (unpaired) electrons. The Bertz CT molecular complexity index is 1130. The van der Waals surface area contributed by atoms with Gasteiger partial charge in [-0.05, 0) is 54.7 Å². The van der Waals surface area contributed by atoms with Gasteiger partial charge in [0.15, 0.2) is 0 Å². The van der Waals surface area contributed by atoms with Gasteiger partial charge >= 0.3 is 6.18 Å². The maximum Gasteiger partial charge on any atom is 0.416 e. The first-order valence-electron chi connectivity index (χ1n) is 10.3. The van der Waals surface area contributed by atoms with Crippen molar-refractivity contribution in [3.05, 3.63) is 58.6 Å². The zero-order chi connectivity index (χ0) is 24.6. The molecule has 0 saturated carbocycles. The van der Waals surface area contributed by atoms with Gasteiger partial charge in [0.05, 0.1) is 16.1 Å². The van der Waals surface area contributed by atoms with E-state index in [1.807, 2.05) is 12.1 Å². The van der Waals surface area contributed by atoms with E-state index in [1.54, 1.807) is 12.1 Å². The van der Waals surface area contributed by atoms with Gasteiger partial charge in [0.2, 0.25) is 15.9 Å². The van der Waals surface area contributed by atoms with E-state index in [-0.39, 0.29) is 25.9 Å². The van der Waals surface area contributed by atoms with Crippen LogP contribution in [-0.4, -0.2) is 37.3 Å². The van der Waals surface area contributed by atoms with Crippen molar-refractivity contribution in [2.75, 3.05) is 18.4 Å². The summed E-state index contributed by atoms with van der Waals surface area (Å²) in [5.74, 6) is -0.0792. The highest BCUT2D eigenvalue weighted by atomic mass is 35.5. The quantitative estimate of drug-likeness (QED) is 0.623. The van der Waals surface area contributed by atoms with E-state index >= 15 is 0 Å². The fourth-order valence-electron chi connectivity index (χ4n) is 3.59. The highest BCUT2D eigenvalue weighted by Crippen LogP contribution is 2.35. The highest BCUT2D eigenvalue weighted by Gasteiger charge is 2.42. The number of rotatable bonds is 5. The number of carbonyl (C=O) groups excluding carboxylic acids is 1. The Labute approximate surface area is 196 Å². The molecule has 1 heterocycles. The average Bonchev–Trinajstić information content (AvgIpc) is 2.73. The third-order valence-corrected chi connectivity index (χ3v) is 8.16. The summed E-state index contributed by atoms with van der Waals surface area (Å²) in [6.07, 6.45) is -4.56. The molecule has 3 rings (SSSR count). The van der Waals surface area contributed by atoms with Crippen molar-refractivity contribution >= 4 is 33.2 Å². The summed E-state index contributed by atoms with van der Waals surface area (Å²) < 4.78 is 65.5. The maximum absolute atomic E-state index is 12.9. The van der Waals surface area contributed by atoms with E-state index in [9.17, 15) is 26.4 Å². The number of halogens is 4. The third kappa shape index (κ3) is 5.51. The topological polar surface area (TPSA) is 92.5 Å².